The van der Waals surface area contributed by atoms with Gasteiger partial charge in [-0.1, -0.05) is 0 Å². The number of nitrogens with one attached hydrogen (secondary N) is 1. The van der Waals surface area contributed by atoms with Gasteiger partial charge in [-0.3, -0.25) is 4.68 Å². The van der Waals surface area contributed by atoms with Crippen molar-refractivity contribution in [2.45, 2.75) is 25.5 Å². The molecule has 6 rings (SSSR count). The third-order valence-electron chi connectivity index (χ3n) is 6.83. The summed E-state index contributed by atoms with van der Waals surface area (Å²) in [5.74, 6) is 1.03. The first-order valence-corrected chi connectivity index (χ1v) is 13.1. The molecule has 1 aliphatic rings. The van der Waals surface area contributed by atoms with Gasteiger partial charge in [0.15, 0.2) is 5.76 Å². The quantitative estimate of drug-likeness (QED) is 0.346. The highest BCUT2D eigenvalue weighted by atomic mass is 32.2. The topological polar surface area (TPSA) is 146 Å². The summed E-state index contributed by atoms with van der Waals surface area (Å²) in [4.78, 5) is 7.65. The van der Waals surface area contributed by atoms with Crippen LogP contribution in [0.15, 0.2) is 53.5 Å². The molecule has 184 valence electrons. The molecule has 6 heterocycles. The lowest BCUT2D eigenvalue weighted by atomic mass is 9.89. The number of hydrogen-bond acceptors (Lipinski definition) is 7. The van der Waals surface area contributed by atoms with Crippen molar-refractivity contribution in [1.29, 1.82) is 5.26 Å². The van der Waals surface area contributed by atoms with Crippen LogP contribution in [0.5, 0.6) is 0 Å². The fourth-order valence-corrected chi connectivity index (χ4v) is 6.15. The number of pyridine rings is 1. The molecule has 5 aromatic heterocycles. The van der Waals surface area contributed by atoms with Gasteiger partial charge in [-0.2, -0.15) is 14.7 Å². The van der Waals surface area contributed by atoms with Gasteiger partial charge in [-0.05, 0) is 31.2 Å². The lowest BCUT2D eigenvalue weighted by Crippen LogP contribution is -2.64. The number of sulfonamides is 1. The number of rotatable bonds is 7. The first kappa shape index (κ1) is 22.5. The number of aromatic amines is 1. The summed E-state index contributed by atoms with van der Waals surface area (Å²) < 4.78 is 35.7. The summed E-state index contributed by atoms with van der Waals surface area (Å²) in [6, 6.07) is 9.65. The summed E-state index contributed by atoms with van der Waals surface area (Å²) in [5.41, 5.74) is 2.37. The van der Waals surface area contributed by atoms with E-state index in [0.717, 1.165) is 33.3 Å². The highest BCUT2D eigenvalue weighted by Crippen LogP contribution is 2.38. The molecule has 0 bridgehead atoms. The molecule has 12 heteroatoms. The van der Waals surface area contributed by atoms with E-state index in [1.807, 2.05) is 29.1 Å². The highest BCUT2D eigenvalue weighted by molar-refractivity contribution is 7.89. The predicted octanol–water partition coefficient (Wildman–Crippen LogP) is 2.73. The van der Waals surface area contributed by atoms with E-state index in [1.54, 1.807) is 36.1 Å². The van der Waals surface area contributed by atoms with Gasteiger partial charge >= 0.3 is 0 Å². The molecule has 11 nitrogen and oxygen atoms in total. The zero-order valence-corrected chi connectivity index (χ0v) is 20.2. The molecule has 1 saturated heterocycles. The van der Waals surface area contributed by atoms with Crippen molar-refractivity contribution in [3.05, 3.63) is 54.8 Å². The summed E-state index contributed by atoms with van der Waals surface area (Å²) in [5, 5.41) is 25.4. The maximum absolute atomic E-state index is 12.3. The summed E-state index contributed by atoms with van der Waals surface area (Å²) in [7, 11) is -3.35. The van der Waals surface area contributed by atoms with Crippen molar-refractivity contribution in [1.82, 2.24) is 28.6 Å². The zero-order chi connectivity index (χ0) is 25.1. The number of fused-ring (bicyclic) bond motifs is 3. The minimum absolute atomic E-state index is 0.0123. The Morgan fingerprint density at radius 3 is 2.83 bits per heavy atom. The zero-order valence-electron chi connectivity index (χ0n) is 19.4. The molecule has 0 radical (unpaired) electrons. The van der Waals surface area contributed by atoms with Crippen LogP contribution in [-0.2, 0) is 22.2 Å². The average molecular weight is 506 g/mol. The van der Waals surface area contributed by atoms with E-state index >= 15 is 0 Å². The molecule has 2 N–H and O–H groups in total. The van der Waals surface area contributed by atoms with Crippen molar-refractivity contribution in [3.63, 3.8) is 0 Å². The number of aromatic nitrogens is 5. The second-order valence-corrected chi connectivity index (χ2v) is 11.2. The van der Waals surface area contributed by atoms with Crippen molar-refractivity contribution < 1.29 is 17.9 Å². The molecular weight excluding hydrogens is 482 g/mol. The minimum Gasteiger partial charge on any atom is -0.457 e. The molecule has 1 aliphatic heterocycles. The van der Waals surface area contributed by atoms with Gasteiger partial charge < -0.3 is 19.1 Å². The monoisotopic (exact) mass is 505 g/mol. The normalized spacial score (nSPS) is 15.9. The largest absolute Gasteiger partial charge is 0.457 e. The maximum atomic E-state index is 12.3. The first-order valence-electron chi connectivity index (χ1n) is 11.5. The molecule has 36 heavy (non-hydrogen) atoms. The van der Waals surface area contributed by atoms with Crippen molar-refractivity contribution in [2.24, 2.45) is 0 Å². The predicted molar refractivity (Wildman–Crippen MR) is 132 cm³/mol. The van der Waals surface area contributed by atoms with E-state index in [4.69, 9.17) is 4.42 Å². The summed E-state index contributed by atoms with van der Waals surface area (Å²) in [6.07, 6.45) is 7.28. The second-order valence-electron chi connectivity index (χ2n) is 8.96. The van der Waals surface area contributed by atoms with Gasteiger partial charge in [0.2, 0.25) is 10.0 Å². The number of furan rings is 1. The van der Waals surface area contributed by atoms with Gasteiger partial charge in [0, 0.05) is 42.5 Å². The lowest BCUT2D eigenvalue weighted by molar-refractivity contribution is 0.0718. The van der Waals surface area contributed by atoms with Gasteiger partial charge in [-0.15, -0.1) is 0 Å². The molecule has 0 spiro atoms. The number of nitrogens with zero attached hydrogens (tertiary/aromatic N) is 6. The summed E-state index contributed by atoms with van der Waals surface area (Å²) in [6.45, 7) is 1.79. The van der Waals surface area contributed by atoms with E-state index in [-0.39, 0.29) is 31.9 Å². The fraction of sp³-hybridized carbons (Fsp3) is 0.292. The number of hydrogen-bond donors (Lipinski definition) is 2. The molecule has 1 fully saturated rings. The third-order valence-corrected chi connectivity index (χ3v) is 8.61. The van der Waals surface area contributed by atoms with Gasteiger partial charge in [-0.25, -0.2) is 13.4 Å². The number of aliphatic hydroxyl groups is 1. The van der Waals surface area contributed by atoms with Crippen LogP contribution in [-0.4, -0.2) is 61.0 Å². The molecule has 0 aliphatic carbocycles. The van der Waals surface area contributed by atoms with Crippen LogP contribution >= 0.6 is 0 Å². The standard InChI is InChI=1S/C24H23N7O4S/c1-2-36(33,34)29-14-24(15-29,6-7-25)30-12-17(11-28-30)31-20(21-4-3-18(13-32)35-21)9-16-10-27-23-19(22(16)31)5-8-26-23/h3-5,8-12,32H,2,6,13-15H2,1H3,(H,26,27). The van der Waals surface area contributed by atoms with Crippen LogP contribution < -0.4 is 0 Å². The fourth-order valence-electron chi connectivity index (χ4n) is 4.91. The van der Waals surface area contributed by atoms with Crippen molar-refractivity contribution in [3.8, 4) is 23.2 Å². The van der Waals surface area contributed by atoms with Crippen LogP contribution in [0.4, 0.5) is 0 Å². The van der Waals surface area contributed by atoms with Crippen LogP contribution in [0, 0.1) is 11.3 Å². The SMILES string of the molecule is CCS(=O)(=O)N1CC(CC#N)(n2cc(-n3c(-c4ccc(CO)o4)cc4cnc5[nH]ccc5c43)cn2)C1. The van der Waals surface area contributed by atoms with E-state index in [1.165, 1.54) is 4.31 Å². The molecular formula is C24H23N7O4S. The Balaban J connectivity index is 1.51. The van der Waals surface area contributed by atoms with Gasteiger partial charge in [0.25, 0.3) is 0 Å². The van der Waals surface area contributed by atoms with Crippen LogP contribution in [0.3, 0.4) is 0 Å². The van der Waals surface area contributed by atoms with E-state index in [0.29, 0.717) is 11.5 Å². The molecule has 0 amide bonds. The minimum atomic E-state index is -3.35. The van der Waals surface area contributed by atoms with Crippen molar-refractivity contribution in [2.75, 3.05) is 18.8 Å². The van der Waals surface area contributed by atoms with E-state index in [2.05, 4.69) is 21.1 Å². The summed E-state index contributed by atoms with van der Waals surface area (Å²) >= 11 is 0. The van der Waals surface area contributed by atoms with Crippen LogP contribution in [0.2, 0.25) is 0 Å². The Morgan fingerprint density at radius 2 is 2.11 bits per heavy atom. The Morgan fingerprint density at radius 1 is 1.28 bits per heavy atom. The Bertz CT molecular complexity index is 1750. The average Bonchev–Trinajstić information content (AvgIpc) is 3.64. The maximum Gasteiger partial charge on any atom is 0.213 e. The molecule has 5 aromatic rings. The van der Waals surface area contributed by atoms with E-state index in [9.17, 15) is 18.8 Å². The van der Waals surface area contributed by atoms with Crippen LogP contribution in [0.1, 0.15) is 19.1 Å². The van der Waals surface area contributed by atoms with Crippen LogP contribution in [0.25, 0.3) is 39.1 Å². The Hall–Kier alpha value is -3.92. The molecule has 0 saturated carbocycles. The number of H-pyrrole nitrogens is 1. The third kappa shape index (κ3) is 3.28. The Kier molecular flexibility index (Phi) is 5.04. The molecule has 0 unspecified atom stereocenters. The molecule has 0 atom stereocenters. The number of nitriles is 1. The second kappa shape index (κ2) is 8.06. The van der Waals surface area contributed by atoms with Gasteiger partial charge in [0.1, 0.15) is 23.6 Å². The highest BCUT2D eigenvalue weighted by Gasteiger charge is 2.49. The first-order chi connectivity index (χ1) is 17.4. The Labute approximate surface area is 206 Å². The smallest absolute Gasteiger partial charge is 0.213 e. The lowest BCUT2D eigenvalue weighted by Gasteiger charge is -2.47. The van der Waals surface area contributed by atoms with Gasteiger partial charge in [0.05, 0.1) is 41.3 Å². The van der Waals surface area contributed by atoms with E-state index < -0.39 is 15.6 Å². The molecule has 0 aromatic carbocycles. The van der Waals surface area contributed by atoms with Crippen molar-refractivity contribution >= 4 is 32.0 Å². The number of aliphatic hydroxyl groups excluding tert-OH is 1.